The molecule has 0 saturated heterocycles. The third-order valence-electron chi connectivity index (χ3n) is 1.38. The predicted molar refractivity (Wildman–Crippen MR) is 51.5 cm³/mol. The highest BCUT2D eigenvalue weighted by Gasteiger charge is 2.20. The van der Waals surface area contributed by atoms with Crippen LogP contribution >= 0.6 is 15.9 Å². The van der Waals surface area contributed by atoms with Crippen LogP contribution in [0.25, 0.3) is 0 Å². The van der Waals surface area contributed by atoms with Crippen LogP contribution in [0.15, 0.2) is 4.99 Å². The number of nitrogens with zero attached hydrogens (tertiary/aromatic N) is 1. The highest BCUT2D eigenvalue weighted by Crippen LogP contribution is 2.05. The van der Waals surface area contributed by atoms with Crippen LogP contribution in [0.4, 0.5) is 0 Å². The van der Waals surface area contributed by atoms with Gasteiger partial charge in [-0.2, -0.15) is 0 Å². The number of carbonyl (C=O) groups excluding carboxylic acids is 1. The fourth-order valence-corrected chi connectivity index (χ4v) is 0.927. The molecular formula is C7H11BrN2O2. The van der Waals surface area contributed by atoms with E-state index in [2.05, 4.69) is 25.7 Å². The average molecular weight is 235 g/mol. The molecule has 12 heavy (non-hydrogen) atoms. The van der Waals surface area contributed by atoms with Gasteiger partial charge in [-0.05, 0) is 6.92 Å². The topological polar surface area (TPSA) is 62.5 Å². The lowest BCUT2D eigenvalue weighted by atomic mass is 10.2. The molecule has 68 valence electrons. The van der Waals surface area contributed by atoms with Crippen molar-refractivity contribution in [3.63, 3.8) is 0 Å². The van der Waals surface area contributed by atoms with E-state index in [-0.39, 0.29) is 5.71 Å². The lowest BCUT2D eigenvalue weighted by molar-refractivity contribution is -0.132. The van der Waals surface area contributed by atoms with Crippen LogP contribution < -0.4 is 0 Å². The Morgan fingerprint density at radius 2 is 2.17 bits per heavy atom. The smallest absolute Gasteiger partial charge is 0.353 e. The first-order valence-corrected chi connectivity index (χ1v) is 4.20. The molecular weight excluding hydrogens is 224 g/mol. The molecule has 4 nitrogen and oxygen atoms in total. The van der Waals surface area contributed by atoms with E-state index in [0.29, 0.717) is 5.71 Å². The predicted octanol–water partition coefficient (Wildman–Crippen LogP) is 1.03. The Hall–Kier alpha value is -0.710. The van der Waals surface area contributed by atoms with Crippen LogP contribution in [0.3, 0.4) is 0 Å². The Bertz CT molecular complexity index is 225. The number of halogens is 1. The molecule has 0 aromatic carbocycles. The Kier molecular flexibility index (Phi) is 4.73. The van der Waals surface area contributed by atoms with Gasteiger partial charge in [0.1, 0.15) is 10.5 Å². The van der Waals surface area contributed by atoms with Crippen molar-refractivity contribution in [1.82, 2.24) is 0 Å². The summed E-state index contributed by atoms with van der Waals surface area (Å²) in [6, 6.07) is 0. The lowest BCUT2D eigenvalue weighted by Crippen LogP contribution is -2.29. The first-order chi connectivity index (χ1) is 5.54. The zero-order valence-electron chi connectivity index (χ0n) is 7.22. The molecule has 0 spiro atoms. The highest BCUT2D eigenvalue weighted by molar-refractivity contribution is 9.10. The minimum Gasteiger partial charge on any atom is -0.465 e. The Morgan fingerprint density at radius 3 is 2.50 bits per heavy atom. The summed E-state index contributed by atoms with van der Waals surface area (Å²) in [5.41, 5.74) is 0.533. The summed E-state index contributed by atoms with van der Waals surface area (Å²) >= 11 is 3.15. The molecule has 0 aromatic heterocycles. The zero-order valence-corrected chi connectivity index (χ0v) is 8.81. The van der Waals surface area contributed by atoms with Gasteiger partial charge in [-0.15, -0.1) is 0 Å². The van der Waals surface area contributed by atoms with Gasteiger partial charge in [0, 0.05) is 12.8 Å². The second-order valence-electron chi connectivity index (χ2n) is 2.13. The minimum atomic E-state index is -0.639. The number of methoxy groups -OCH3 is 1. The average Bonchev–Trinajstić information content (AvgIpc) is 2.12. The van der Waals surface area contributed by atoms with Crippen LogP contribution in [-0.4, -0.2) is 36.4 Å². The molecule has 0 saturated carbocycles. The summed E-state index contributed by atoms with van der Waals surface area (Å²) in [7, 11) is 2.85. The number of hydrogen-bond acceptors (Lipinski definition) is 4. The lowest BCUT2D eigenvalue weighted by Gasteiger charge is -2.08. The summed E-state index contributed by atoms with van der Waals surface area (Å²) in [6.45, 7) is 1.73. The maximum absolute atomic E-state index is 10.8. The van der Waals surface area contributed by atoms with E-state index in [1.165, 1.54) is 7.11 Å². The first kappa shape index (κ1) is 11.3. The van der Waals surface area contributed by atoms with Gasteiger partial charge < -0.3 is 4.74 Å². The first-order valence-electron chi connectivity index (χ1n) is 3.28. The molecule has 0 fully saturated rings. The van der Waals surface area contributed by atoms with Gasteiger partial charge in [-0.3, -0.25) is 10.4 Å². The molecule has 0 aliphatic carbocycles. The number of alkyl halides is 1. The monoisotopic (exact) mass is 234 g/mol. The van der Waals surface area contributed by atoms with E-state index >= 15 is 0 Å². The molecule has 0 aliphatic heterocycles. The van der Waals surface area contributed by atoms with Gasteiger partial charge in [-0.25, -0.2) is 4.79 Å². The molecule has 0 amide bonds. The molecule has 1 unspecified atom stereocenters. The van der Waals surface area contributed by atoms with Gasteiger partial charge in [-0.1, -0.05) is 15.9 Å². The van der Waals surface area contributed by atoms with Crippen LogP contribution in [-0.2, 0) is 9.53 Å². The van der Waals surface area contributed by atoms with E-state index in [1.807, 2.05) is 0 Å². The van der Waals surface area contributed by atoms with Crippen molar-refractivity contribution in [2.75, 3.05) is 14.2 Å². The molecule has 0 heterocycles. The van der Waals surface area contributed by atoms with Crippen molar-refractivity contribution in [3.05, 3.63) is 0 Å². The summed E-state index contributed by atoms with van der Waals surface area (Å²) < 4.78 is 4.38. The SMILES string of the molecule is CN=C(C)C(Br)C(=N)C(=O)OC. The molecule has 0 aromatic rings. The standard InChI is InChI=1S/C7H11BrN2O2/c1-4(10-2)5(8)6(9)7(11)12-3/h5,9H,1-3H3. The van der Waals surface area contributed by atoms with Crippen molar-refractivity contribution in [2.45, 2.75) is 11.8 Å². The maximum Gasteiger partial charge on any atom is 0.353 e. The van der Waals surface area contributed by atoms with Crippen molar-refractivity contribution in [2.24, 2.45) is 4.99 Å². The van der Waals surface area contributed by atoms with E-state index in [0.717, 1.165) is 0 Å². The van der Waals surface area contributed by atoms with Gasteiger partial charge in [0.25, 0.3) is 0 Å². The minimum absolute atomic E-state index is 0.138. The Balaban J connectivity index is 4.40. The number of hydrogen-bond donors (Lipinski definition) is 1. The van der Waals surface area contributed by atoms with E-state index in [1.54, 1.807) is 14.0 Å². The summed E-state index contributed by atoms with van der Waals surface area (Å²) in [4.78, 5) is 14.2. The molecule has 0 bridgehead atoms. The molecule has 0 rings (SSSR count). The number of ether oxygens (including phenoxy) is 1. The normalized spacial score (nSPS) is 13.8. The van der Waals surface area contributed by atoms with E-state index in [4.69, 9.17) is 5.41 Å². The maximum atomic E-state index is 10.8. The number of rotatable bonds is 3. The number of esters is 1. The fraction of sp³-hybridized carbons (Fsp3) is 0.571. The van der Waals surface area contributed by atoms with Gasteiger partial charge in [0.2, 0.25) is 0 Å². The summed E-state index contributed by atoms with van der Waals surface area (Å²) in [5.74, 6) is -0.639. The molecule has 0 aliphatic rings. The zero-order chi connectivity index (χ0) is 9.72. The van der Waals surface area contributed by atoms with Crippen LogP contribution in [0.2, 0.25) is 0 Å². The molecule has 1 N–H and O–H groups in total. The third-order valence-corrected chi connectivity index (χ3v) is 2.50. The molecule has 1 atom stereocenters. The van der Waals surface area contributed by atoms with Gasteiger partial charge >= 0.3 is 5.97 Å². The second-order valence-corrected chi connectivity index (χ2v) is 3.05. The second kappa shape index (κ2) is 5.03. The van der Waals surface area contributed by atoms with Gasteiger partial charge in [0.05, 0.1) is 7.11 Å². The highest BCUT2D eigenvalue weighted by atomic mass is 79.9. The van der Waals surface area contributed by atoms with Crippen molar-refractivity contribution < 1.29 is 9.53 Å². The Labute approximate surface area is 79.7 Å². The largest absolute Gasteiger partial charge is 0.465 e. The van der Waals surface area contributed by atoms with Crippen LogP contribution in [0.5, 0.6) is 0 Å². The third kappa shape index (κ3) is 2.73. The van der Waals surface area contributed by atoms with Crippen molar-refractivity contribution in [1.29, 1.82) is 5.41 Å². The quantitative estimate of drug-likeness (QED) is 0.451. The van der Waals surface area contributed by atoms with Crippen molar-refractivity contribution in [3.8, 4) is 0 Å². The van der Waals surface area contributed by atoms with Gasteiger partial charge in [0.15, 0.2) is 0 Å². The number of aliphatic imine (C=N–C) groups is 1. The summed E-state index contributed by atoms with van der Waals surface area (Å²) in [6.07, 6.45) is 0. The molecule has 0 radical (unpaired) electrons. The number of nitrogens with one attached hydrogen (secondary N) is 1. The van der Waals surface area contributed by atoms with E-state index < -0.39 is 10.8 Å². The van der Waals surface area contributed by atoms with Crippen LogP contribution in [0, 0.1) is 5.41 Å². The van der Waals surface area contributed by atoms with Crippen molar-refractivity contribution >= 4 is 33.3 Å². The molecule has 5 heteroatoms. The number of carbonyl (C=O) groups is 1. The summed E-state index contributed by atoms with van der Waals surface area (Å²) in [5, 5.41) is 7.33. The Morgan fingerprint density at radius 1 is 1.67 bits per heavy atom. The fourth-order valence-electron chi connectivity index (χ4n) is 0.536. The van der Waals surface area contributed by atoms with E-state index in [9.17, 15) is 4.79 Å². The van der Waals surface area contributed by atoms with Crippen LogP contribution in [0.1, 0.15) is 6.92 Å².